The summed E-state index contributed by atoms with van der Waals surface area (Å²) in [5.74, 6) is 0.852. The van der Waals surface area contributed by atoms with Gasteiger partial charge in [-0.25, -0.2) is 9.97 Å². The van der Waals surface area contributed by atoms with E-state index in [1.807, 2.05) is 13.8 Å². The zero-order valence-electron chi connectivity index (χ0n) is 15.2. The third-order valence-corrected chi connectivity index (χ3v) is 3.90. The van der Waals surface area contributed by atoms with Crippen molar-refractivity contribution in [3.05, 3.63) is 47.8 Å². The maximum atomic E-state index is 12.5. The first kappa shape index (κ1) is 20.5. The largest absolute Gasteiger partial charge is 0.417 e. The van der Waals surface area contributed by atoms with Crippen molar-refractivity contribution >= 4 is 17.5 Å². The molecule has 0 saturated heterocycles. The topological polar surface area (TPSA) is 70.2 Å². The number of carbonyl (C=O) groups is 1. The zero-order chi connectivity index (χ0) is 19.9. The molecule has 0 aliphatic heterocycles. The van der Waals surface area contributed by atoms with Crippen molar-refractivity contribution in [1.29, 1.82) is 0 Å². The first-order valence-corrected chi connectivity index (χ1v) is 8.61. The Morgan fingerprint density at radius 2 is 1.78 bits per heavy atom. The summed E-state index contributed by atoms with van der Waals surface area (Å²) in [6.07, 6.45) is -2.12. The third kappa shape index (κ3) is 5.83. The summed E-state index contributed by atoms with van der Waals surface area (Å²) in [5, 5.41) is 5.57. The lowest BCUT2D eigenvalue weighted by atomic mass is 10.2. The Labute approximate surface area is 155 Å². The van der Waals surface area contributed by atoms with Gasteiger partial charge in [-0.15, -0.1) is 0 Å². The predicted molar refractivity (Wildman–Crippen MR) is 97.9 cm³/mol. The van der Waals surface area contributed by atoms with Gasteiger partial charge in [-0.2, -0.15) is 13.2 Å². The minimum absolute atomic E-state index is 0.268. The number of alkyl halides is 3. The number of pyridine rings is 2. The summed E-state index contributed by atoms with van der Waals surface area (Å²) in [6.45, 7) is 6.35. The highest BCUT2D eigenvalue weighted by Gasteiger charge is 2.30. The first-order chi connectivity index (χ1) is 12.8. The smallest absolute Gasteiger partial charge is 0.368 e. The highest BCUT2D eigenvalue weighted by Crippen LogP contribution is 2.28. The van der Waals surface area contributed by atoms with Crippen LogP contribution in [0.25, 0.3) is 0 Å². The van der Waals surface area contributed by atoms with Crippen molar-refractivity contribution in [3.63, 3.8) is 0 Å². The van der Waals surface area contributed by atoms with Gasteiger partial charge < -0.3 is 15.5 Å². The molecule has 0 atom stereocenters. The van der Waals surface area contributed by atoms with Gasteiger partial charge >= 0.3 is 6.18 Å². The van der Waals surface area contributed by atoms with Gasteiger partial charge in [-0.1, -0.05) is 0 Å². The molecule has 2 rings (SSSR count). The first-order valence-electron chi connectivity index (χ1n) is 8.61. The van der Waals surface area contributed by atoms with E-state index in [9.17, 15) is 18.0 Å². The van der Waals surface area contributed by atoms with Crippen LogP contribution in [-0.4, -0.2) is 42.1 Å². The molecule has 2 aromatic heterocycles. The van der Waals surface area contributed by atoms with Gasteiger partial charge in [0.15, 0.2) is 0 Å². The molecule has 0 bridgehead atoms. The molecule has 0 radical (unpaired) electrons. The number of amides is 1. The van der Waals surface area contributed by atoms with E-state index in [0.717, 1.165) is 31.2 Å². The van der Waals surface area contributed by atoms with Crippen LogP contribution in [0.3, 0.4) is 0 Å². The van der Waals surface area contributed by atoms with Gasteiger partial charge in [0, 0.05) is 38.6 Å². The Balaban J connectivity index is 1.79. The number of nitrogens with one attached hydrogen (secondary N) is 2. The van der Waals surface area contributed by atoms with Crippen LogP contribution >= 0.6 is 0 Å². The summed E-state index contributed by atoms with van der Waals surface area (Å²) in [5.41, 5.74) is -0.361. The molecule has 0 spiro atoms. The Bertz CT molecular complexity index is 728. The lowest BCUT2D eigenvalue weighted by Gasteiger charge is -2.19. The number of hydrogen-bond acceptors (Lipinski definition) is 5. The highest BCUT2D eigenvalue weighted by molar-refractivity contribution is 5.94. The van der Waals surface area contributed by atoms with Crippen molar-refractivity contribution in [2.24, 2.45) is 0 Å². The van der Waals surface area contributed by atoms with E-state index in [4.69, 9.17) is 0 Å². The van der Waals surface area contributed by atoms with Crippen LogP contribution in [0.5, 0.6) is 0 Å². The molecule has 0 fully saturated rings. The molecule has 2 N–H and O–H groups in total. The number of aromatic nitrogens is 2. The maximum Gasteiger partial charge on any atom is 0.417 e. The molecule has 0 aliphatic rings. The minimum atomic E-state index is -4.41. The summed E-state index contributed by atoms with van der Waals surface area (Å²) >= 11 is 0. The molecule has 27 heavy (non-hydrogen) atoms. The van der Waals surface area contributed by atoms with Crippen molar-refractivity contribution in [1.82, 2.24) is 15.3 Å². The van der Waals surface area contributed by atoms with Crippen LogP contribution in [0.2, 0.25) is 0 Å². The van der Waals surface area contributed by atoms with Crippen LogP contribution in [-0.2, 0) is 6.18 Å². The van der Waals surface area contributed by atoms with Crippen LogP contribution < -0.4 is 15.5 Å². The van der Waals surface area contributed by atoms with Gasteiger partial charge in [0.25, 0.3) is 5.91 Å². The minimum Gasteiger partial charge on any atom is -0.368 e. The van der Waals surface area contributed by atoms with E-state index in [1.165, 1.54) is 12.3 Å². The molecular weight excluding hydrogens is 359 g/mol. The Morgan fingerprint density at radius 3 is 2.30 bits per heavy atom. The summed E-state index contributed by atoms with van der Waals surface area (Å²) in [4.78, 5) is 22.2. The standard InChI is InChI=1S/C18H22F3N5O/c1-3-26(4-2)16-8-5-13(11-25-16)17(27)23-10-9-22-15-7-6-14(12-24-15)18(19,20)21/h5-8,11-12H,3-4,9-10H2,1-2H3,(H,22,24)(H,23,27). The van der Waals surface area contributed by atoms with Crippen LogP contribution in [0.4, 0.5) is 24.8 Å². The van der Waals surface area contributed by atoms with E-state index in [1.54, 1.807) is 12.1 Å². The van der Waals surface area contributed by atoms with Gasteiger partial charge in [0.1, 0.15) is 11.6 Å². The zero-order valence-corrected chi connectivity index (χ0v) is 15.2. The normalized spacial score (nSPS) is 11.1. The molecule has 0 aliphatic carbocycles. The molecule has 1 amide bonds. The van der Waals surface area contributed by atoms with E-state index in [0.29, 0.717) is 24.5 Å². The summed E-state index contributed by atoms with van der Waals surface area (Å²) in [6, 6.07) is 5.71. The second kappa shape index (κ2) is 9.20. The fourth-order valence-corrected chi connectivity index (χ4v) is 2.39. The number of anilines is 2. The predicted octanol–water partition coefficient (Wildman–Crippen LogP) is 3.18. The fourth-order valence-electron chi connectivity index (χ4n) is 2.39. The van der Waals surface area contributed by atoms with Gasteiger partial charge in [0.05, 0.1) is 11.1 Å². The fraction of sp³-hybridized carbons (Fsp3) is 0.389. The second-order valence-corrected chi connectivity index (χ2v) is 5.69. The van der Waals surface area contributed by atoms with Crippen LogP contribution in [0, 0.1) is 0 Å². The van der Waals surface area contributed by atoms with Crippen molar-refractivity contribution in [3.8, 4) is 0 Å². The number of rotatable bonds is 8. The summed E-state index contributed by atoms with van der Waals surface area (Å²) in [7, 11) is 0. The third-order valence-electron chi connectivity index (χ3n) is 3.90. The van der Waals surface area contributed by atoms with Gasteiger partial charge in [-0.3, -0.25) is 4.79 Å². The molecule has 2 heterocycles. The molecule has 0 saturated carbocycles. The average Bonchev–Trinajstić information content (AvgIpc) is 2.66. The Morgan fingerprint density at radius 1 is 1.04 bits per heavy atom. The second-order valence-electron chi connectivity index (χ2n) is 5.69. The molecule has 0 unspecified atom stereocenters. The van der Waals surface area contributed by atoms with E-state index in [2.05, 4.69) is 25.5 Å². The van der Waals surface area contributed by atoms with Crippen molar-refractivity contribution in [2.75, 3.05) is 36.4 Å². The summed E-state index contributed by atoms with van der Waals surface area (Å²) < 4.78 is 37.4. The molecule has 0 aromatic carbocycles. The number of halogens is 3. The van der Waals surface area contributed by atoms with Gasteiger partial charge in [-0.05, 0) is 38.1 Å². The molecule has 2 aromatic rings. The highest BCUT2D eigenvalue weighted by atomic mass is 19.4. The number of carbonyl (C=O) groups excluding carboxylic acids is 1. The lowest BCUT2D eigenvalue weighted by Crippen LogP contribution is -2.29. The van der Waals surface area contributed by atoms with Crippen LogP contribution in [0.1, 0.15) is 29.8 Å². The quantitative estimate of drug-likeness (QED) is 0.688. The Kier molecular flexibility index (Phi) is 6.98. The number of hydrogen-bond donors (Lipinski definition) is 2. The van der Waals surface area contributed by atoms with Gasteiger partial charge in [0.2, 0.25) is 0 Å². The maximum absolute atomic E-state index is 12.5. The van der Waals surface area contributed by atoms with E-state index < -0.39 is 11.7 Å². The average molecular weight is 381 g/mol. The lowest BCUT2D eigenvalue weighted by molar-refractivity contribution is -0.137. The molecule has 146 valence electrons. The molecule has 9 heteroatoms. The number of nitrogens with zero attached hydrogens (tertiary/aromatic N) is 3. The monoisotopic (exact) mass is 381 g/mol. The van der Waals surface area contributed by atoms with E-state index in [-0.39, 0.29) is 5.91 Å². The van der Waals surface area contributed by atoms with Crippen LogP contribution in [0.15, 0.2) is 36.7 Å². The van der Waals surface area contributed by atoms with Crippen molar-refractivity contribution < 1.29 is 18.0 Å². The SMILES string of the molecule is CCN(CC)c1ccc(C(=O)NCCNc2ccc(C(F)(F)F)cn2)cn1. The molecular formula is C18H22F3N5O. The Hall–Kier alpha value is -2.84. The molecule has 6 nitrogen and oxygen atoms in total. The van der Waals surface area contributed by atoms with Crippen molar-refractivity contribution in [2.45, 2.75) is 20.0 Å². The van der Waals surface area contributed by atoms with E-state index >= 15 is 0 Å².